The molecule has 0 spiro atoms. The third-order valence-corrected chi connectivity index (χ3v) is 4.67. The summed E-state index contributed by atoms with van der Waals surface area (Å²) in [5.41, 5.74) is 0.148. The van der Waals surface area contributed by atoms with Gasteiger partial charge >= 0.3 is 0 Å². The topological polar surface area (TPSA) is 80.7 Å². The molecule has 3 rings (SSSR count). The lowest BCUT2D eigenvalue weighted by atomic mass is 9.95. The van der Waals surface area contributed by atoms with Crippen molar-refractivity contribution in [2.75, 3.05) is 32.8 Å². The zero-order valence-electron chi connectivity index (χ0n) is 14.1. The van der Waals surface area contributed by atoms with E-state index < -0.39 is 0 Å². The van der Waals surface area contributed by atoms with Crippen molar-refractivity contribution < 1.29 is 18.5 Å². The standard InChI is InChI=1S/C17H23N3O4/c1-3-17(2,20-6-9-22-10-7-20)12-18-16(21)13-11-15(24-19-13)14-5-4-8-23-14/h4-5,8,11H,3,6-7,9-10,12H2,1-2H3,(H,18,21). The van der Waals surface area contributed by atoms with Crippen LogP contribution in [-0.2, 0) is 4.74 Å². The van der Waals surface area contributed by atoms with E-state index in [1.54, 1.807) is 24.5 Å². The average Bonchev–Trinajstić information content (AvgIpc) is 3.31. The Labute approximate surface area is 140 Å². The second kappa shape index (κ2) is 7.19. The molecule has 0 aliphatic carbocycles. The number of hydrogen-bond donors (Lipinski definition) is 1. The summed E-state index contributed by atoms with van der Waals surface area (Å²) in [6.45, 7) is 8.08. The summed E-state index contributed by atoms with van der Waals surface area (Å²) >= 11 is 0. The maximum atomic E-state index is 12.4. The van der Waals surface area contributed by atoms with Crippen LogP contribution in [0.25, 0.3) is 11.5 Å². The number of rotatable bonds is 6. The van der Waals surface area contributed by atoms with E-state index in [-0.39, 0.29) is 17.1 Å². The number of furan rings is 1. The minimum atomic E-state index is -0.246. The number of amides is 1. The Morgan fingerprint density at radius 1 is 1.38 bits per heavy atom. The number of hydrogen-bond acceptors (Lipinski definition) is 6. The number of carbonyl (C=O) groups excluding carboxylic acids is 1. The predicted octanol–water partition coefficient (Wildman–Crippen LogP) is 2.17. The third kappa shape index (κ3) is 3.52. The van der Waals surface area contributed by atoms with Crippen LogP contribution in [0.5, 0.6) is 0 Å². The molecule has 0 aromatic carbocycles. The second-order valence-electron chi connectivity index (χ2n) is 6.19. The van der Waals surface area contributed by atoms with E-state index in [1.165, 1.54) is 0 Å². The first-order valence-corrected chi connectivity index (χ1v) is 8.24. The maximum Gasteiger partial charge on any atom is 0.273 e. The lowest BCUT2D eigenvalue weighted by molar-refractivity contribution is -0.0169. The van der Waals surface area contributed by atoms with Crippen LogP contribution in [-0.4, -0.2) is 54.4 Å². The molecule has 1 aliphatic rings. The van der Waals surface area contributed by atoms with Gasteiger partial charge in [0.25, 0.3) is 5.91 Å². The first-order chi connectivity index (χ1) is 11.6. The smallest absolute Gasteiger partial charge is 0.273 e. The molecule has 130 valence electrons. The van der Waals surface area contributed by atoms with E-state index in [0.717, 1.165) is 32.7 Å². The Balaban J connectivity index is 1.61. The van der Waals surface area contributed by atoms with Crippen molar-refractivity contribution in [1.29, 1.82) is 0 Å². The first-order valence-electron chi connectivity index (χ1n) is 8.24. The molecule has 0 radical (unpaired) electrons. The molecule has 1 amide bonds. The highest BCUT2D eigenvalue weighted by molar-refractivity contribution is 5.92. The Bertz CT molecular complexity index is 661. The molecule has 2 aromatic rings. The van der Waals surface area contributed by atoms with Gasteiger partial charge in [-0.1, -0.05) is 12.1 Å². The van der Waals surface area contributed by atoms with Gasteiger partial charge in [0.05, 0.1) is 19.5 Å². The van der Waals surface area contributed by atoms with Gasteiger partial charge in [0.2, 0.25) is 5.76 Å². The van der Waals surface area contributed by atoms with Crippen molar-refractivity contribution in [2.24, 2.45) is 0 Å². The van der Waals surface area contributed by atoms with E-state index in [2.05, 4.69) is 29.2 Å². The van der Waals surface area contributed by atoms with Crippen molar-refractivity contribution in [3.8, 4) is 11.5 Å². The number of aromatic nitrogens is 1. The Morgan fingerprint density at radius 3 is 2.83 bits per heavy atom. The predicted molar refractivity (Wildman–Crippen MR) is 87.6 cm³/mol. The molecule has 7 nitrogen and oxygen atoms in total. The number of morpholine rings is 1. The fraction of sp³-hybridized carbons (Fsp3) is 0.529. The second-order valence-corrected chi connectivity index (χ2v) is 6.19. The maximum absolute atomic E-state index is 12.4. The van der Waals surface area contributed by atoms with Gasteiger partial charge in [0, 0.05) is 31.2 Å². The molecule has 1 fully saturated rings. The molecule has 1 N–H and O–H groups in total. The van der Waals surface area contributed by atoms with Gasteiger partial charge in [0.1, 0.15) is 0 Å². The van der Waals surface area contributed by atoms with Crippen molar-refractivity contribution >= 4 is 5.91 Å². The normalized spacial score (nSPS) is 18.2. The molecule has 0 saturated carbocycles. The van der Waals surface area contributed by atoms with E-state index in [0.29, 0.717) is 18.1 Å². The van der Waals surface area contributed by atoms with Crippen LogP contribution in [0.2, 0.25) is 0 Å². The Morgan fingerprint density at radius 2 is 2.17 bits per heavy atom. The summed E-state index contributed by atoms with van der Waals surface area (Å²) in [5.74, 6) is 0.745. The van der Waals surface area contributed by atoms with Crippen LogP contribution < -0.4 is 5.32 Å². The summed E-state index contributed by atoms with van der Waals surface area (Å²) in [7, 11) is 0. The zero-order chi connectivity index (χ0) is 17.0. The van der Waals surface area contributed by atoms with Crippen molar-refractivity contribution in [3.63, 3.8) is 0 Å². The molecular weight excluding hydrogens is 310 g/mol. The van der Waals surface area contributed by atoms with Gasteiger partial charge in [0.15, 0.2) is 11.5 Å². The number of nitrogens with one attached hydrogen (secondary N) is 1. The van der Waals surface area contributed by atoms with E-state index in [9.17, 15) is 4.79 Å². The zero-order valence-corrected chi connectivity index (χ0v) is 14.1. The summed E-state index contributed by atoms with van der Waals surface area (Å²) in [6, 6.07) is 5.10. The van der Waals surface area contributed by atoms with E-state index in [1.807, 2.05) is 0 Å². The Hall–Kier alpha value is -2.12. The van der Waals surface area contributed by atoms with E-state index in [4.69, 9.17) is 13.7 Å². The van der Waals surface area contributed by atoms with Crippen molar-refractivity contribution in [2.45, 2.75) is 25.8 Å². The first kappa shape index (κ1) is 16.7. The fourth-order valence-electron chi connectivity index (χ4n) is 2.84. The molecule has 3 heterocycles. The summed E-state index contributed by atoms with van der Waals surface area (Å²) < 4.78 is 15.8. The summed E-state index contributed by atoms with van der Waals surface area (Å²) in [4.78, 5) is 14.7. The highest BCUT2D eigenvalue weighted by atomic mass is 16.5. The van der Waals surface area contributed by atoms with Gasteiger partial charge < -0.3 is 19.0 Å². The largest absolute Gasteiger partial charge is 0.461 e. The third-order valence-electron chi connectivity index (χ3n) is 4.67. The van der Waals surface area contributed by atoms with Gasteiger partial charge in [-0.15, -0.1) is 0 Å². The average molecular weight is 333 g/mol. The Kier molecular flexibility index (Phi) is 5.01. The molecule has 2 aromatic heterocycles. The van der Waals surface area contributed by atoms with Crippen LogP contribution >= 0.6 is 0 Å². The number of carbonyl (C=O) groups is 1. The lowest BCUT2D eigenvalue weighted by Crippen LogP contribution is -2.56. The number of nitrogens with zero attached hydrogens (tertiary/aromatic N) is 2. The van der Waals surface area contributed by atoms with Gasteiger partial charge in [-0.25, -0.2) is 0 Å². The lowest BCUT2D eigenvalue weighted by Gasteiger charge is -2.42. The van der Waals surface area contributed by atoms with E-state index >= 15 is 0 Å². The van der Waals surface area contributed by atoms with Crippen LogP contribution in [0.4, 0.5) is 0 Å². The molecule has 1 atom stereocenters. The molecule has 1 saturated heterocycles. The molecule has 1 aliphatic heterocycles. The highest BCUT2D eigenvalue weighted by Gasteiger charge is 2.32. The van der Waals surface area contributed by atoms with Crippen LogP contribution in [0.1, 0.15) is 30.8 Å². The molecular formula is C17H23N3O4. The van der Waals surface area contributed by atoms with Gasteiger partial charge in [-0.2, -0.15) is 0 Å². The van der Waals surface area contributed by atoms with Crippen molar-refractivity contribution in [1.82, 2.24) is 15.4 Å². The molecule has 1 unspecified atom stereocenters. The van der Waals surface area contributed by atoms with Crippen LogP contribution in [0, 0.1) is 0 Å². The quantitative estimate of drug-likeness (QED) is 0.872. The van der Waals surface area contributed by atoms with Crippen molar-refractivity contribution in [3.05, 3.63) is 30.2 Å². The highest BCUT2D eigenvalue weighted by Crippen LogP contribution is 2.22. The van der Waals surface area contributed by atoms with Crippen LogP contribution in [0.15, 0.2) is 33.4 Å². The summed E-state index contributed by atoms with van der Waals surface area (Å²) in [5, 5.41) is 6.80. The minimum Gasteiger partial charge on any atom is -0.461 e. The molecule has 24 heavy (non-hydrogen) atoms. The molecule has 7 heteroatoms. The minimum absolute atomic E-state index is 0.104. The van der Waals surface area contributed by atoms with Crippen LogP contribution in [0.3, 0.4) is 0 Å². The van der Waals surface area contributed by atoms with Gasteiger partial charge in [-0.05, 0) is 25.5 Å². The SMILES string of the molecule is CCC(C)(CNC(=O)c1cc(-c2ccco2)on1)N1CCOCC1. The van der Waals surface area contributed by atoms with Gasteiger partial charge in [-0.3, -0.25) is 9.69 Å². The summed E-state index contributed by atoms with van der Waals surface area (Å²) in [6.07, 6.45) is 2.48. The fourth-order valence-corrected chi connectivity index (χ4v) is 2.84. The monoisotopic (exact) mass is 333 g/mol. The number of ether oxygens (including phenoxy) is 1. The molecule has 0 bridgehead atoms.